The van der Waals surface area contributed by atoms with E-state index in [9.17, 15) is 4.79 Å². The first-order chi connectivity index (χ1) is 12.7. The van der Waals surface area contributed by atoms with Crippen molar-refractivity contribution >= 4 is 17.2 Å². The minimum absolute atomic E-state index is 0.283. The number of hydrogen-bond donors (Lipinski definition) is 3. The number of aryl methyl sites for hydroxylation is 1. The molecule has 134 valence electrons. The van der Waals surface area contributed by atoms with Gasteiger partial charge in [0.2, 0.25) is 5.91 Å². The van der Waals surface area contributed by atoms with Gasteiger partial charge in [-0.2, -0.15) is 0 Å². The summed E-state index contributed by atoms with van der Waals surface area (Å²) in [5.74, 6) is -0.285. The molecule has 2 unspecified atom stereocenters. The number of primary amides is 1. The molecule has 1 amide bonds. The number of anilines is 1. The lowest BCUT2D eigenvalue weighted by Gasteiger charge is -2.35. The van der Waals surface area contributed by atoms with E-state index in [-0.39, 0.29) is 11.9 Å². The van der Waals surface area contributed by atoms with Crippen LogP contribution in [0.15, 0.2) is 60.7 Å². The smallest absolute Gasteiger partial charge is 0.241 e. The molecule has 2 atom stereocenters. The van der Waals surface area contributed by atoms with E-state index in [0.717, 1.165) is 37.9 Å². The Labute approximate surface area is 154 Å². The molecule has 2 aliphatic rings. The Kier molecular flexibility index (Phi) is 4.51. The second-order valence-electron chi connectivity index (χ2n) is 7.23. The lowest BCUT2D eigenvalue weighted by atomic mass is 9.79. The molecular formula is C22H25N3O. The van der Waals surface area contributed by atoms with Gasteiger partial charge in [-0.25, -0.2) is 0 Å². The third kappa shape index (κ3) is 3.13. The summed E-state index contributed by atoms with van der Waals surface area (Å²) in [5, 5.41) is 7.02. The molecular weight excluding hydrogens is 322 g/mol. The molecule has 0 bridgehead atoms. The lowest BCUT2D eigenvalue weighted by Crippen LogP contribution is -2.56. The molecule has 2 aromatic rings. The number of carbonyl (C=O) groups excluding carboxylic acids is 1. The Morgan fingerprint density at radius 2 is 1.92 bits per heavy atom. The van der Waals surface area contributed by atoms with Gasteiger partial charge in [-0.15, -0.1) is 0 Å². The van der Waals surface area contributed by atoms with E-state index in [1.54, 1.807) is 0 Å². The van der Waals surface area contributed by atoms with E-state index < -0.39 is 5.54 Å². The number of para-hydroxylation sites is 1. The van der Waals surface area contributed by atoms with Crippen molar-refractivity contribution in [2.24, 2.45) is 5.73 Å². The summed E-state index contributed by atoms with van der Waals surface area (Å²) < 4.78 is 0. The van der Waals surface area contributed by atoms with E-state index in [1.165, 1.54) is 16.7 Å². The standard InChI is InChI=1S/C22H25N3O/c23-21(26)22(24-14-6-9-16-7-2-1-3-8-16)13-12-20-18(15-22)17-10-4-5-11-19(17)25-20/h1-5,7-8,10-11,15,20,24-25H,6,9,12-14H2,(H2,23,26). The molecule has 0 saturated carbocycles. The molecule has 1 aliphatic heterocycles. The van der Waals surface area contributed by atoms with Crippen LogP contribution in [0.2, 0.25) is 0 Å². The van der Waals surface area contributed by atoms with Gasteiger partial charge >= 0.3 is 0 Å². The minimum atomic E-state index is -0.748. The van der Waals surface area contributed by atoms with E-state index in [4.69, 9.17) is 5.73 Å². The summed E-state index contributed by atoms with van der Waals surface area (Å²) in [6.45, 7) is 0.765. The molecule has 0 saturated heterocycles. The zero-order chi connectivity index (χ0) is 18.0. The van der Waals surface area contributed by atoms with E-state index in [0.29, 0.717) is 0 Å². The van der Waals surface area contributed by atoms with Gasteiger partial charge in [0, 0.05) is 11.3 Å². The van der Waals surface area contributed by atoms with Crippen LogP contribution in [0.3, 0.4) is 0 Å². The van der Waals surface area contributed by atoms with Crippen LogP contribution in [-0.4, -0.2) is 24.0 Å². The fourth-order valence-electron chi connectivity index (χ4n) is 4.10. The third-order valence-corrected chi connectivity index (χ3v) is 5.54. The fraction of sp³-hybridized carbons (Fsp3) is 0.318. The average molecular weight is 347 g/mol. The highest BCUT2D eigenvalue weighted by Gasteiger charge is 2.41. The van der Waals surface area contributed by atoms with E-state index >= 15 is 0 Å². The predicted octanol–water partition coefficient (Wildman–Crippen LogP) is 3.10. The van der Waals surface area contributed by atoms with E-state index in [2.05, 4.69) is 53.1 Å². The Morgan fingerprint density at radius 1 is 1.15 bits per heavy atom. The first-order valence-electron chi connectivity index (χ1n) is 9.35. The van der Waals surface area contributed by atoms with Gasteiger partial charge < -0.3 is 16.4 Å². The molecule has 4 heteroatoms. The van der Waals surface area contributed by atoms with Crippen molar-refractivity contribution in [3.05, 3.63) is 71.8 Å². The van der Waals surface area contributed by atoms with Gasteiger partial charge in [-0.3, -0.25) is 4.79 Å². The SMILES string of the molecule is NC(=O)C1(NCCCc2ccccc2)C=C2c3ccccc3NC2CC1. The topological polar surface area (TPSA) is 67.2 Å². The summed E-state index contributed by atoms with van der Waals surface area (Å²) in [4.78, 5) is 12.3. The first kappa shape index (κ1) is 16.9. The summed E-state index contributed by atoms with van der Waals surface area (Å²) in [7, 11) is 0. The number of rotatable bonds is 6. The minimum Gasteiger partial charge on any atom is -0.378 e. The average Bonchev–Trinajstić information content (AvgIpc) is 3.04. The molecule has 0 radical (unpaired) electrons. The fourth-order valence-corrected chi connectivity index (χ4v) is 4.10. The molecule has 26 heavy (non-hydrogen) atoms. The van der Waals surface area contributed by atoms with Crippen molar-refractivity contribution in [3.8, 4) is 0 Å². The van der Waals surface area contributed by atoms with Gasteiger partial charge in [-0.05, 0) is 55.5 Å². The molecule has 1 heterocycles. The van der Waals surface area contributed by atoms with Crippen LogP contribution < -0.4 is 16.4 Å². The van der Waals surface area contributed by atoms with Crippen LogP contribution in [0, 0.1) is 0 Å². The predicted molar refractivity (Wildman–Crippen MR) is 106 cm³/mol. The number of nitrogens with one attached hydrogen (secondary N) is 2. The molecule has 0 spiro atoms. The maximum atomic E-state index is 12.3. The van der Waals surface area contributed by atoms with Crippen molar-refractivity contribution in [2.45, 2.75) is 37.3 Å². The monoisotopic (exact) mass is 347 g/mol. The lowest BCUT2D eigenvalue weighted by molar-refractivity contribution is -0.123. The van der Waals surface area contributed by atoms with Gasteiger partial charge in [0.1, 0.15) is 5.54 Å². The van der Waals surface area contributed by atoms with Crippen molar-refractivity contribution in [1.82, 2.24) is 5.32 Å². The zero-order valence-electron chi connectivity index (χ0n) is 14.9. The highest BCUT2D eigenvalue weighted by Crippen LogP contribution is 2.42. The summed E-state index contributed by atoms with van der Waals surface area (Å²) in [6.07, 6.45) is 5.66. The van der Waals surface area contributed by atoms with Crippen LogP contribution in [0.25, 0.3) is 5.57 Å². The van der Waals surface area contributed by atoms with Crippen molar-refractivity contribution in [1.29, 1.82) is 0 Å². The number of amides is 1. The molecule has 2 aromatic carbocycles. The van der Waals surface area contributed by atoms with Crippen molar-refractivity contribution in [3.63, 3.8) is 0 Å². The summed E-state index contributed by atoms with van der Waals surface area (Å²) in [6, 6.07) is 19.0. The van der Waals surface area contributed by atoms with Crippen molar-refractivity contribution in [2.75, 3.05) is 11.9 Å². The Balaban J connectivity index is 1.49. The van der Waals surface area contributed by atoms with Gasteiger partial charge in [0.25, 0.3) is 0 Å². The number of hydrogen-bond acceptors (Lipinski definition) is 3. The normalized spacial score (nSPS) is 23.5. The van der Waals surface area contributed by atoms with Crippen LogP contribution in [-0.2, 0) is 11.2 Å². The molecule has 4 rings (SSSR count). The largest absolute Gasteiger partial charge is 0.378 e. The highest BCUT2D eigenvalue weighted by molar-refractivity contribution is 5.95. The summed E-state index contributed by atoms with van der Waals surface area (Å²) in [5.41, 5.74) is 9.93. The summed E-state index contributed by atoms with van der Waals surface area (Å²) >= 11 is 0. The first-order valence-corrected chi connectivity index (χ1v) is 9.35. The van der Waals surface area contributed by atoms with Gasteiger partial charge in [-0.1, -0.05) is 48.5 Å². The highest BCUT2D eigenvalue weighted by atomic mass is 16.1. The van der Waals surface area contributed by atoms with Crippen LogP contribution in [0.5, 0.6) is 0 Å². The van der Waals surface area contributed by atoms with Gasteiger partial charge in [0.15, 0.2) is 0 Å². The maximum Gasteiger partial charge on any atom is 0.241 e. The Hall–Kier alpha value is -2.59. The zero-order valence-corrected chi connectivity index (χ0v) is 14.9. The third-order valence-electron chi connectivity index (χ3n) is 5.54. The molecule has 1 aliphatic carbocycles. The van der Waals surface area contributed by atoms with Gasteiger partial charge in [0.05, 0.1) is 6.04 Å². The number of carbonyl (C=O) groups is 1. The maximum absolute atomic E-state index is 12.3. The quantitative estimate of drug-likeness (QED) is 0.704. The number of fused-ring (bicyclic) bond motifs is 3. The van der Waals surface area contributed by atoms with E-state index in [1.807, 2.05) is 18.2 Å². The second kappa shape index (κ2) is 6.96. The molecule has 4 nitrogen and oxygen atoms in total. The Bertz CT molecular complexity index is 830. The van der Waals surface area contributed by atoms with Crippen LogP contribution in [0.1, 0.15) is 30.4 Å². The van der Waals surface area contributed by atoms with Crippen molar-refractivity contribution < 1.29 is 4.79 Å². The molecule has 0 fully saturated rings. The number of nitrogens with two attached hydrogens (primary N) is 1. The number of benzene rings is 2. The molecule has 0 aromatic heterocycles. The second-order valence-corrected chi connectivity index (χ2v) is 7.23. The van der Waals surface area contributed by atoms with Crippen LogP contribution >= 0.6 is 0 Å². The Morgan fingerprint density at radius 3 is 2.73 bits per heavy atom. The van der Waals surface area contributed by atoms with Crippen LogP contribution in [0.4, 0.5) is 5.69 Å². The molecule has 4 N–H and O–H groups in total.